The minimum Gasteiger partial charge on any atom is -0.462 e. The maximum Gasteiger partial charge on any atom is 0.343 e. The summed E-state index contributed by atoms with van der Waals surface area (Å²) in [6.45, 7) is 6.24. The third kappa shape index (κ3) is 5.10. The molecule has 1 aliphatic rings. The molecule has 2 rings (SSSR count). The van der Waals surface area contributed by atoms with E-state index in [1.807, 2.05) is 0 Å². The fourth-order valence-electron chi connectivity index (χ4n) is 2.55. The highest BCUT2D eigenvalue weighted by Gasteiger charge is 2.15. The number of rotatable bonds is 7. The number of halogens is 1. The van der Waals surface area contributed by atoms with E-state index in [2.05, 4.69) is 20.2 Å². The number of piperidine rings is 1. The van der Waals surface area contributed by atoms with Gasteiger partial charge >= 0.3 is 5.97 Å². The van der Waals surface area contributed by atoms with Gasteiger partial charge < -0.3 is 15.0 Å². The quantitative estimate of drug-likeness (QED) is 0.472. The average Bonchev–Trinajstić information content (AvgIpc) is 2.53. The van der Waals surface area contributed by atoms with Gasteiger partial charge in [-0.15, -0.1) is 0 Å². The molecular weight excluding hydrogens is 304 g/mol. The summed E-state index contributed by atoms with van der Waals surface area (Å²) >= 11 is 5.81. The highest BCUT2D eigenvalue weighted by atomic mass is 35.5. The number of carbonyl (C=O) groups is 1. The molecule has 1 aromatic rings. The van der Waals surface area contributed by atoms with Crippen molar-refractivity contribution in [2.24, 2.45) is 0 Å². The maximum atomic E-state index is 11.9. The molecule has 1 fully saturated rings. The Hall–Kier alpha value is -1.40. The molecule has 0 amide bonds. The van der Waals surface area contributed by atoms with E-state index in [0.717, 1.165) is 19.5 Å². The van der Waals surface area contributed by atoms with Crippen molar-refractivity contribution in [2.45, 2.75) is 32.6 Å². The molecule has 7 heteroatoms. The van der Waals surface area contributed by atoms with E-state index >= 15 is 0 Å². The highest BCUT2D eigenvalue weighted by Crippen LogP contribution is 2.15. The summed E-state index contributed by atoms with van der Waals surface area (Å²) in [7, 11) is 0. The molecule has 0 radical (unpaired) electrons. The molecule has 0 aromatic carbocycles. The van der Waals surface area contributed by atoms with Crippen molar-refractivity contribution in [1.29, 1.82) is 0 Å². The van der Waals surface area contributed by atoms with E-state index in [9.17, 15) is 4.79 Å². The van der Waals surface area contributed by atoms with Gasteiger partial charge in [-0.25, -0.2) is 9.78 Å². The zero-order valence-electron chi connectivity index (χ0n) is 13.0. The SMILES string of the molecule is CCOC(=O)c1cnc(Cl)nc1NCCCN1CCCCC1. The van der Waals surface area contributed by atoms with E-state index in [1.54, 1.807) is 6.92 Å². The maximum absolute atomic E-state index is 11.9. The summed E-state index contributed by atoms with van der Waals surface area (Å²) in [6, 6.07) is 0. The zero-order valence-corrected chi connectivity index (χ0v) is 13.7. The fourth-order valence-corrected chi connectivity index (χ4v) is 2.68. The van der Waals surface area contributed by atoms with Crippen molar-refractivity contribution < 1.29 is 9.53 Å². The summed E-state index contributed by atoms with van der Waals surface area (Å²) in [5.74, 6) is 0.00907. The summed E-state index contributed by atoms with van der Waals surface area (Å²) < 4.78 is 5.00. The Bertz CT molecular complexity index is 492. The van der Waals surface area contributed by atoms with Crippen molar-refractivity contribution in [3.8, 4) is 0 Å². The second kappa shape index (κ2) is 8.90. The van der Waals surface area contributed by atoms with Crippen LogP contribution < -0.4 is 5.32 Å². The van der Waals surface area contributed by atoms with Crippen LogP contribution in [0.15, 0.2) is 6.20 Å². The molecular formula is C15H23ClN4O2. The molecule has 1 saturated heterocycles. The number of aromatic nitrogens is 2. The summed E-state index contributed by atoms with van der Waals surface area (Å²) in [5.41, 5.74) is 0.323. The molecule has 0 bridgehead atoms. The molecule has 0 saturated carbocycles. The van der Waals surface area contributed by atoms with E-state index in [-0.39, 0.29) is 5.28 Å². The Balaban J connectivity index is 1.85. The van der Waals surface area contributed by atoms with Crippen LogP contribution in [-0.4, -0.2) is 53.6 Å². The van der Waals surface area contributed by atoms with Crippen LogP contribution in [0.3, 0.4) is 0 Å². The Labute approximate surface area is 136 Å². The molecule has 1 aromatic heterocycles. The Morgan fingerprint density at radius 3 is 2.91 bits per heavy atom. The number of hydrogen-bond acceptors (Lipinski definition) is 6. The van der Waals surface area contributed by atoms with Crippen molar-refractivity contribution in [3.63, 3.8) is 0 Å². The van der Waals surface area contributed by atoms with E-state index in [1.165, 1.54) is 38.5 Å². The molecule has 2 heterocycles. The third-order valence-corrected chi connectivity index (χ3v) is 3.83. The normalized spacial score (nSPS) is 15.5. The predicted octanol–water partition coefficient (Wildman–Crippen LogP) is 2.59. The van der Waals surface area contributed by atoms with Crippen LogP contribution in [0.25, 0.3) is 0 Å². The Kier molecular flexibility index (Phi) is 6.86. The summed E-state index contributed by atoms with van der Waals surface area (Å²) in [4.78, 5) is 22.3. The van der Waals surface area contributed by atoms with Gasteiger partial charge in [-0.05, 0) is 57.4 Å². The Morgan fingerprint density at radius 1 is 1.41 bits per heavy atom. The second-order valence-corrected chi connectivity index (χ2v) is 5.64. The number of hydrogen-bond donors (Lipinski definition) is 1. The van der Waals surface area contributed by atoms with Gasteiger partial charge in [-0.2, -0.15) is 4.98 Å². The molecule has 122 valence electrons. The van der Waals surface area contributed by atoms with Crippen LogP contribution in [0, 0.1) is 0 Å². The lowest BCUT2D eigenvalue weighted by Gasteiger charge is -2.26. The number of esters is 1. The van der Waals surface area contributed by atoms with Crippen molar-refractivity contribution in [2.75, 3.05) is 38.1 Å². The molecule has 0 spiro atoms. The number of nitrogens with one attached hydrogen (secondary N) is 1. The van der Waals surface area contributed by atoms with E-state index in [0.29, 0.717) is 18.0 Å². The third-order valence-electron chi connectivity index (χ3n) is 3.65. The standard InChI is InChI=1S/C15H23ClN4O2/c1-2-22-14(21)12-11-18-15(16)19-13(12)17-7-6-10-20-8-4-3-5-9-20/h11H,2-10H2,1H3,(H,17,18,19). The van der Waals surface area contributed by atoms with Gasteiger partial charge in [0.15, 0.2) is 0 Å². The molecule has 1 aliphatic heterocycles. The number of anilines is 1. The van der Waals surface area contributed by atoms with Crippen LogP contribution in [0.5, 0.6) is 0 Å². The van der Waals surface area contributed by atoms with Crippen molar-refractivity contribution in [1.82, 2.24) is 14.9 Å². The van der Waals surface area contributed by atoms with E-state index in [4.69, 9.17) is 16.3 Å². The van der Waals surface area contributed by atoms with E-state index < -0.39 is 5.97 Å². The first kappa shape index (κ1) is 17.0. The van der Waals surface area contributed by atoms with Crippen molar-refractivity contribution in [3.05, 3.63) is 17.0 Å². The summed E-state index contributed by atoms with van der Waals surface area (Å²) in [6.07, 6.45) is 6.32. The topological polar surface area (TPSA) is 67.3 Å². The number of carbonyl (C=O) groups excluding carboxylic acids is 1. The van der Waals surface area contributed by atoms with Crippen LogP contribution in [0.2, 0.25) is 5.28 Å². The van der Waals surface area contributed by atoms with Gasteiger partial charge in [-0.1, -0.05) is 6.42 Å². The first-order chi connectivity index (χ1) is 10.7. The van der Waals surface area contributed by atoms with Crippen LogP contribution in [0.1, 0.15) is 43.0 Å². The van der Waals surface area contributed by atoms with Crippen LogP contribution in [-0.2, 0) is 4.74 Å². The minimum atomic E-state index is -0.433. The van der Waals surface area contributed by atoms with Crippen LogP contribution in [0.4, 0.5) is 5.82 Å². The molecule has 0 aliphatic carbocycles. The fraction of sp³-hybridized carbons (Fsp3) is 0.667. The summed E-state index contributed by atoms with van der Waals surface area (Å²) in [5, 5.41) is 3.29. The molecule has 0 atom stereocenters. The predicted molar refractivity (Wildman–Crippen MR) is 86.4 cm³/mol. The van der Waals surface area contributed by atoms with Gasteiger partial charge in [0.05, 0.1) is 6.61 Å². The van der Waals surface area contributed by atoms with Gasteiger partial charge in [0.2, 0.25) is 5.28 Å². The van der Waals surface area contributed by atoms with Gasteiger partial charge in [-0.3, -0.25) is 0 Å². The largest absolute Gasteiger partial charge is 0.462 e. The number of nitrogens with zero attached hydrogens (tertiary/aromatic N) is 3. The monoisotopic (exact) mass is 326 g/mol. The van der Waals surface area contributed by atoms with Gasteiger partial charge in [0.1, 0.15) is 11.4 Å². The minimum absolute atomic E-state index is 0.117. The van der Waals surface area contributed by atoms with Crippen LogP contribution >= 0.6 is 11.6 Å². The highest BCUT2D eigenvalue weighted by molar-refractivity contribution is 6.28. The first-order valence-corrected chi connectivity index (χ1v) is 8.24. The number of likely N-dealkylation sites (tertiary alicyclic amines) is 1. The lowest BCUT2D eigenvalue weighted by Crippen LogP contribution is -2.31. The number of ether oxygens (including phenoxy) is 1. The first-order valence-electron chi connectivity index (χ1n) is 7.86. The average molecular weight is 327 g/mol. The Morgan fingerprint density at radius 2 is 2.18 bits per heavy atom. The smallest absolute Gasteiger partial charge is 0.343 e. The zero-order chi connectivity index (χ0) is 15.8. The molecule has 1 N–H and O–H groups in total. The second-order valence-electron chi connectivity index (χ2n) is 5.30. The van der Waals surface area contributed by atoms with Gasteiger partial charge in [0, 0.05) is 12.7 Å². The van der Waals surface area contributed by atoms with Crippen molar-refractivity contribution >= 4 is 23.4 Å². The lowest BCUT2D eigenvalue weighted by atomic mass is 10.1. The molecule has 6 nitrogen and oxygen atoms in total. The lowest BCUT2D eigenvalue weighted by molar-refractivity contribution is 0.0526. The van der Waals surface area contributed by atoms with Gasteiger partial charge in [0.25, 0.3) is 0 Å². The molecule has 22 heavy (non-hydrogen) atoms. The molecule has 0 unspecified atom stereocenters.